The highest BCUT2D eigenvalue weighted by Crippen LogP contribution is 2.16. The van der Waals surface area contributed by atoms with Crippen molar-refractivity contribution in [2.24, 2.45) is 0 Å². The van der Waals surface area contributed by atoms with Crippen LogP contribution in [-0.2, 0) is 22.5 Å². The minimum atomic E-state index is -0.550. The molecule has 0 amide bonds. The number of hydrogen-bond acceptors (Lipinski definition) is 5. The maximum Gasteiger partial charge on any atom is 0.324 e. The molecule has 0 bridgehead atoms. The second kappa shape index (κ2) is 8.72. The van der Waals surface area contributed by atoms with Crippen molar-refractivity contribution in [2.45, 2.75) is 45.4 Å². The molecule has 5 heteroatoms. The zero-order chi connectivity index (χ0) is 19.2. The Balaban J connectivity index is 2.08. The van der Waals surface area contributed by atoms with Gasteiger partial charge in [0.15, 0.2) is 0 Å². The lowest BCUT2D eigenvalue weighted by Crippen LogP contribution is -2.42. The smallest absolute Gasteiger partial charge is 0.324 e. The number of aromatic hydroxyl groups is 1. The molecule has 26 heavy (non-hydrogen) atoms. The highest BCUT2D eigenvalue weighted by Gasteiger charge is 2.25. The van der Waals surface area contributed by atoms with Crippen LogP contribution in [0.5, 0.6) is 11.5 Å². The molecule has 1 atom stereocenters. The van der Waals surface area contributed by atoms with Gasteiger partial charge in [-0.2, -0.15) is 0 Å². The van der Waals surface area contributed by atoms with Crippen LogP contribution in [0.2, 0.25) is 0 Å². The van der Waals surface area contributed by atoms with Crippen LogP contribution < -0.4 is 10.1 Å². The van der Waals surface area contributed by atoms with E-state index < -0.39 is 11.6 Å². The Morgan fingerprint density at radius 2 is 1.62 bits per heavy atom. The van der Waals surface area contributed by atoms with Gasteiger partial charge in [-0.05, 0) is 62.6 Å². The van der Waals surface area contributed by atoms with Crippen molar-refractivity contribution in [2.75, 3.05) is 7.11 Å². The molecule has 0 spiro atoms. The maximum atomic E-state index is 12.6. The van der Waals surface area contributed by atoms with Gasteiger partial charge in [0.05, 0.1) is 7.11 Å². The molecule has 0 saturated carbocycles. The van der Waals surface area contributed by atoms with Crippen molar-refractivity contribution < 1.29 is 19.4 Å². The third-order valence-corrected chi connectivity index (χ3v) is 3.78. The van der Waals surface area contributed by atoms with E-state index in [1.54, 1.807) is 19.2 Å². The normalized spacial score (nSPS) is 12.5. The number of hydrogen-bond donors (Lipinski definition) is 2. The summed E-state index contributed by atoms with van der Waals surface area (Å²) in [7, 11) is 1.63. The van der Waals surface area contributed by atoms with Crippen molar-refractivity contribution in [1.29, 1.82) is 0 Å². The molecule has 0 aliphatic carbocycles. The van der Waals surface area contributed by atoms with E-state index in [1.165, 1.54) is 0 Å². The molecule has 140 valence electrons. The largest absolute Gasteiger partial charge is 0.508 e. The predicted molar refractivity (Wildman–Crippen MR) is 101 cm³/mol. The molecule has 0 fully saturated rings. The molecule has 0 aliphatic heterocycles. The first-order chi connectivity index (χ1) is 12.3. The van der Waals surface area contributed by atoms with Gasteiger partial charge in [-0.25, -0.2) is 0 Å². The second-order valence-electron chi connectivity index (χ2n) is 7.19. The van der Waals surface area contributed by atoms with Crippen molar-refractivity contribution >= 4 is 5.97 Å². The topological polar surface area (TPSA) is 67.8 Å². The summed E-state index contributed by atoms with van der Waals surface area (Å²) in [5, 5.41) is 12.7. The summed E-state index contributed by atoms with van der Waals surface area (Å²) in [5.41, 5.74) is 1.44. The van der Waals surface area contributed by atoms with E-state index in [1.807, 2.05) is 57.2 Å². The van der Waals surface area contributed by atoms with Gasteiger partial charge in [-0.1, -0.05) is 24.3 Å². The van der Waals surface area contributed by atoms with Gasteiger partial charge in [0, 0.05) is 6.54 Å². The summed E-state index contributed by atoms with van der Waals surface area (Å²) in [4.78, 5) is 12.6. The first-order valence-corrected chi connectivity index (χ1v) is 8.64. The number of methoxy groups -OCH3 is 1. The Labute approximate surface area is 155 Å². The molecule has 0 unspecified atom stereocenters. The minimum Gasteiger partial charge on any atom is -0.508 e. The molecule has 5 nitrogen and oxygen atoms in total. The monoisotopic (exact) mass is 357 g/mol. The Kier molecular flexibility index (Phi) is 6.64. The summed E-state index contributed by atoms with van der Waals surface area (Å²) in [6.45, 7) is 6.09. The zero-order valence-corrected chi connectivity index (χ0v) is 15.8. The number of phenolic OH excluding ortho intramolecular Hbond substituents is 1. The van der Waals surface area contributed by atoms with Crippen LogP contribution in [0.1, 0.15) is 31.9 Å². The summed E-state index contributed by atoms with van der Waals surface area (Å²) < 4.78 is 10.7. The van der Waals surface area contributed by atoms with Crippen molar-refractivity contribution in [1.82, 2.24) is 5.32 Å². The lowest BCUT2D eigenvalue weighted by molar-refractivity contribution is -0.157. The molecule has 2 N–H and O–H groups in total. The molecule has 2 rings (SSSR count). The van der Waals surface area contributed by atoms with Crippen LogP contribution in [0.15, 0.2) is 48.5 Å². The van der Waals surface area contributed by atoms with E-state index in [4.69, 9.17) is 9.47 Å². The number of carbonyl (C=O) groups excluding carboxylic acids is 1. The fraction of sp³-hybridized carbons (Fsp3) is 0.381. The van der Waals surface area contributed by atoms with Crippen LogP contribution in [0, 0.1) is 0 Å². The minimum absolute atomic E-state index is 0.203. The maximum absolute atomic E-state index is 12.6. The molecule has 0 saturated heterocycles. The Morgan fingerprint density at radius 1 is 1.04 bits per heavy atom. The quantitative estimate of drug-likeness (QED) is 0.743. The standard InChI is InChI=1S/C21H27NO4/c1-21(2,3)26-20(24)19(13-15-5-9-17(23)10-6-15)22-14-16-7-11-18(25-4)12-8-16/h5-12,19,22-23H,13-14H2,1-4H3/t19-/m0/s1. The highest BCUT2D eigenvalue weighted by molar-refractivity contribution is 5.76. The number of esters is 1. The first kappa shape index (κ1) is 19.8. The van der Waals surface area contributed by atoms with Crippen molar-refractivity contribution in [3.63, 3.8) is 0 Å². The summed E-state index contributed by atoms with van der Waals surface area (Å²) >= 11 is 0. The van der Waals surface area contributed by atoms with Crippen molar-refractivity contribution in [3.8, 4) is 11.5 Å². The summed E-state index contributed by atoms with van der Waals surface area (Å²) in [6, 6.07) is 14.1. The van der Waals surface area contributed by atoms with Gasteiger partial charge in [0.2, 0.25) is 0 Å². The Morgan fingerprint density at radius 3 is 2.15 bits per heavy atom. The number of benzene rings is 2. The number of carbonyl (C=O) groups is 1. The number of ether oxygens (including phenoxy) is 2. The summed E-state index contributed by atoms with van der Waals surface area (Å²) in [6.07, 6.45) is 0.478. The third kappa shape index (κ3) is 6.41. The molecule has 2 aromatic carbocycles. The van der Waals surface area contributed by atoms with Crippen LogP contribution in [0.4, 0.5) is 0 Å². The van der Waals surface area contributed by atoms with E-state index in [0.717, 1.165) is 16.9 Å². The lowest BCUT2D eigenvalue weighted by Gasteiger charge is -2.25. The predicted octanol–water partition coefficient (Wildman–Crippen LogP) is 3.44. The fourth-order valence-corrected chi connectivity index (χ4v) is 2.46. The van der Waals surface area contributed by atoms with E-state index in [9.17, 15) is 9.90 Å². The second-order valence-corrected chi connectivity index (χ2v) is 7.19. The van der Waals surface area contributed by atoms with Gasteiger partial charge in [-0.15, -0.1) is 0 Å². The van der Waals surface area contributed by atoms with Gasteiger partial charge in [0.25, 0.3) is 0 Å². The average Bonchev–Trinajstić information content (AvgIpc) is 2.59. The molecule has 0 aromatic heterocycles. The summed E-state index contributed by atoms with van der Waals surface area (Å²) in [5.74, 6) is 0.703. The highest BCUT2D eigenvalue weighted by atomic mass is 16.6. The molecule has 2 aromatic rings. The number of phenols is 1. The van der Waals surface area contributed by atoms with Crippen LogP contribution in [-0.4, -0.2) is 29.8 Å². The van der Waals surface area contributed by atoms with E-state index in [0.29, 0.717) is 13.0 Å². The Hall–Kier alpha value is -2.53. The van der Waals surface area contributed by atoms with Crippen LogP contribution in [0.25, 0.3) is 0 Å². The van der Waals surface area contributed by atoms with E-state index in [-0.39, 0.29) is 11.7 Å². The van der Waals surface area contributed by atoms with E-state index in [2.05, 4.69) is 5.32 Å². The lowest BCUT2D eigenvalue weighted by atomic mass is 10.0. The van der Waals surface area contributed by atoms with Gasteiger partial charge >= 0.3 is 5.97 Å². The SMILES string of the molecule is COc1ccc(CN[C@@H](Cc2ccc(O)cc2)C(=O)OC(C)(C)C)cc1. The third-order valence-electron chi connectivity index (χ3n) is 3.78. The van der Waals surface area contributed by atoms with E-state index >= 15 is 0 Å². The van der Waals surface area contributed by atoms with Crippen molar-refractivity contribution in [3.05, 3.63) is 59.7 Å². The van der Waals surface area contributed by atoms with Gasteiger partial charge in [-0.3, -0.25) is 4.79 Å². The van der Waals surface area contributed by atoms with Crippen LogP contribution in [0.3, 0.4) is 0 Å². The number of nitrogens with one attached hydrogen (secondary N) is 1. The fourth-order valence-electron chi connectivity index (χ4n) is 2.46. The zero-order valence-electron chi connectivity index (χ0n) is 15.8. The Bertz CT molecular complexity index is 702. The van der Waals surface area contributed by atoms with Crippen LogP contribution >= 0.6 is 0 Å². The first-order valence-electron chi connectivity index (χ1n) is 8.64. The number of rotatable bonds is 7. The molecule has 0 radical (unpaired) electrons. The molecular formula is C21H27NO4. The van der Waals surface area contributed by atoms with Gasteiger partial charge in [0.1, 0.15) is 23.1 Å². The van der Waals surface area contributed by atoms with Gasteiger partial charge < -0.3 is 19.9 Å². The average molecular weight is 357 g/mol. The molecule has 0 aliphatic rings. The molecule has 0 heterocycles. The molecular weight excluding hydrogens is 330 g/mol.